The van der Waals surface area contributed by atoms with Crippen molar-refractivity contribution in [3.05, 3.63) is 47.0 Å². The Morgan fingerprint density at radius 3 is 2.45 bits per heavy atom. The minimum absolute atomic E-state index is 0.358. The fourth-order valence-corrected chi connectivity index (χ4v) is 4.12. The number of Topliss-reactive ketones (excluding diaryl/α,β-unsaturated/α-hetero) is 1. The molecule has 102 valence electrons. The molecule has 2 aromatic carbocycles. The largest absolute Gasteiger partial charge is 0.294 e. The molecule has 4 rings (SSSR count). The van der Waals surface area contributed by atoms with E-state index in [1.807, 2.05) is 0 Å². The first kappa shape index (κ1) is 12.1. The van der Waals surface area contributed by atoms with Crippen molar-refractivity contribution >= 4 is 16.6 Å². The summed E-state index contributed by atoms with van der Waals surface area (Å²) in [5.41, 5.74) is 3.77. The summed E-state index contributed by atoms with van der Waals surface area (Å²) >= 11 is 0. The number of hydrogen-bond donors (Lipinski definition) is 0. The van der Waals surface area contributed by atoms with E-state index in [0.29, 0.717) is 11.7 Å². The van der Waals surface area contributed by atoms with Crippen LogP contribution < -0.4 is 0 Å². The number of hydrogen-bond acceptors (Lipinski definition) is 1. The molecule has 0 atom stereocenters. The molecule has 1 fully saturated rings. The van der Waals surface area contributed by atoms with Crippen molar-refractivity contribution in [1.29, 1.82) is 0 Å². The van der Waals surface area contributed by atoms with E-state index in [0.717, 1.165) is 24.8 Å². The van der Waals surface area contributed by atoms with Crippen molar-refractivity contribution in [3.8, 4) is 0 Å². The quantitative estimate of drug-likeness (QED) is 0.707. The summed E-state index contributed by atoms with van der Waals surface area (Å²) in [4.78, 5) is 12.3. The lowest BCUT2D eigenvalue weighted by molar-refractivity contribution is 0.0972. The molecule has 20 heavy (non-hydrogen) atoms. The molecule has 0 saturated heterocycles. The summed E-state index contributed by atoms with van der Waals surface area (Å²) in [5, 5.41) is 2.73. The maximum Gasteiger partial charge on any atom is 0.163 e. The standard InChI is InChI=1S/C19H20O/c20-19-11-5-10-16-14-8-3-4-9-15(14)17(12-18(16)19)13-6-1-2-7-13/h3-4,8-9,12-13H,1-2,5-7,10-11H2. The van der Waals surface area contributed by atoms with Gasteiger partial charge in [0.25, 0.3) is 0 Å². The van der Waals surface area contributed by atoms with Gasteiger partial charge in [-0.05, 0) is 59.6 Å². The molecule has 1 saturated carbocycles. The molecular weight excluding hydrogens is 244 g/mol. The van der Waals surface area contributed by atoms with Crippen molar-refractivity contribution in [2.75, 3.05) is 0 Å². The lowest BCUT2D eigenvalue weighted by Crippen LogP contribution is -2.13. The summed E-state index contributed by atoms with van der Waals surface area (Å²) < 4.78 is 0. The average molecular weight is 264 g/mol. The van der Waals surface area contributed by atoms with Crippen LogP contribution in [0.15, 0.2) is 30.3 Å². The highest BCUT2D eigenvalue weighted by Gasteiger charge is 2.25. The monoisotopic (exact) mass is 264 g/mol. The summed E-state index contributed by atoms with van der Waals surface area (Å²) in [6.45, 7) is 0. The molecule has 0 radical (unpaired) electrons. The molecule has 0 amide bonds. The molecule has 0 aromatic heterocycles. The highest BCUT2D eigenvalue weighted by Crippen LogP contribution is 2.40. The molecule has 0 aliphatic heterocycles. The Morgan fingerprint density at radius 1 is 0.900 bits per heavy atom. The Hall–Kier alpha value is -1.63. The van der Waals surface area contributed by atoms with Gasteiger partial charge in [0.1, 0.15) is 0 Å². The Bertz CT molecular complexity index is 677. The lowest BCUT2D eigenvalue weighted by atomic mass is 9.82. The van der Waals surface area contributed by atoms with E-state index in [1.165, 1.54) is 47.6 Å². The molecule has 0 N–H and O–H groups in total. The van der Waals surface area contributed by atoms with Crippen molar-refractivity contribution in [3.63, 3.8) is 0 Å². The van der Waals surface area contributed by atoms with Gasteiger partial charge in [-0.2, -0.15) is 0 Å². The number of rotatable bonds is 1. The van der Waals surface area contributed by atoms with E-state index in [-0.39, 0.29) is 0 Å². The zero-order valence-corrected chi connectivity index (χ0v) is 11.8. The van der Waals surface area contributed by atoms with Gasteiger partial charge in [0.05, 0.1) is 0 Å². The van der Waals surface area contributed by atoms with Crippen LogP contribution in [0.1, 0.15) is 65.9 Å². The second-order valence-electron chi connectivity index (χ2n) is 6.30. The Balaban J connectivity index is 2.01. The van der Waals surface area contributed by atoms with E-state index in [1.54, 1.807) is 0 Å². The summed E-state index contributed by atoms with van der Waals surface area (Å²) in [6, 6.07) is 11.0. The molecule has 0 heterocycles. The molecule has 1 heteroatoms. The van der Waals surface area contributed by atoms with Crippen LogP contribution in [0.2, 0.25) is 0 Å². The van der Waals surface area contributed by atoms with E-state index in [2.05, 4.69) is 30.3 Å². The van der Waals surface area contributed by atoms with Gasteiger partial charge in [-0.3, -0.25) is 4.79 Å². The average Bonchev–Trinajstić information content (AvgIpc) is 3.01. The zero-order valence-electron chi connectivity index (χ0n) is 11.8. The van der Waals surface area contributed by atoms with Gasteiger partial charge in [0, 0.05) is 12.0 Å². The smallest absolute Gasteiger partial charge is 0.163 e. The molecule has 2 aromatic rings. The molecule has 2 aliphatic rings. The minimum Gasteiger partial charge on any atom is -0.294 e. The van der Waals surface area contributed by atoms with Crippen molar-refractivity contribution < 1.29 is 4.79 Å². The molecule has 0 unspecified atom stereocenters. The lowest BCUT2D eigenvalue weighted by Gasteiger charge is -2.22. The van der Waals surface area contributed by atoms with E-state index in [9.17, 15) is 4.79 Å². The fraction of sp³-hybridized carbons (Fsp3) is 0.421. The van der Waals surface area contributed by atoms with Gasteiger partial charge < -0.3 is 0 Å². The van der Waals surface area contributed by atoms with E-state index >= 15 is 0 Å². The number of benzene rings is 2. The second kappa shape index (κ2) is 4.73. The molecule has 1 nitrogen and oxygen atoms in total. The van der Waals surface area contributed by atoms with Gasteiger partial charge in [-0.25, -0.2) is 0 Å². The fourth-order valence-electron chi connectivity index (χ4n) is 4.12. The topological polar surface area (TPSA) is 17.1 Å². The van der Waals surface area contributed by atoms with Crippen LogP contribution >= 0.6 is 0 Å². The van der Waals surface area contributed by atoms with E-state index < -0.39 is 0 Å². The summed E-state index contributed by atoms with van der Waals surface area (Å²) in [6.07, 6.45) is 8.06. The first-order valence-electron chi connectivity index (χ1n) is 7.92. The van der Waals surface area contributed by atoms with Crippen molar-refractivity contribution in [1.82, 2.24) is 0 Å². The van der Waals surface area contributed by atoms with Crippen LogP contribution in [0.25, 0.3) is 10.8 Å². The van der Waals surface area contributed by atoms with Crippen molar-refractivity contribution in [2.45, 2.75) is 50.9 Å². The highest BCUT2D eigenvalue weighted by atomic mass is 16.1. The van der Waals surface area contributed by atoms with Crippen LogP contribution in [0.5, 0.6) is 0 Å². The van der Waals surface area contributed by atoms with Crippen LogP contribution in [0, 0.1) is 0 Å². The van der Waals surface area contributed by atoms with Gasteiger partial charge >= 0.3 is 0 Å². The Morgan fingerprint density at radius 2 is 1.65 bits per heavy atom. The Labute approximate surface area is 120 Å². The van der Waals surface area contributed by atoms with Crippen LogP contribution in [0.3, 0.4) is 0 Å². The maximum atomic E-state index is 12.3. The SMILES string of the molecule is O=C1CCCc2c1cc(C1CCCC1)c1ccccc21. The first-order chi connectivity index (χ1) is 9.84. The predicted octanol–water partition coefficient (Wildman–Crippen LogP) is 5.02. The normalized spacial score (nSPS) is 19.5. The number of carbonyl (C=O) groups excluding carboxylic acids is 1. The van der Waals surface area contributed by atoms with Gasteiger partial charge in [-0.1, -0.05) is 37.1 Å². The van der Waals surface area contributed by atoms with Gasteiger partial charge in [0.2, 0.25) is 0 Å². The highest BCUT2D eigenvalue weighted by molar-refractivity contribution is 6.04. The molecule has 0 bridgehead atoms. The molecule has 2 aliphatic carbocycles. The van der Waals surface area contributed by atoms with Crippen molar-refractivity contribution in [2.24, 2.45) is 0 Å². The zero-order chi connectivity index (χ0) is 13.5. The van der Waals surface area contributed by atoms with Crippen LogP contribution in [-0.2, 0) is 6.42 Å². The third-order valence-electron chi connectivity index (χ3n) is 5.11. The van der Waals surface area contributed by atoms with E-state index in [4.69, 9.17) is 0 Å². The third kappa shape index (κ3) is 1.80. The maximum absolute atomic E-state index is 12.3. The Kier molecular flexibility index (Phi) is 2.87. The number of ketones is 1. The van der Waals surface area contributed by atoms with Gasteiger partial charge in [0.15, 0.2) is 5.78 Å². The third-order valence-corrected chi connectivity index (χ3v) is 5.11. The molecular formula is C19H20O. The number of aryl methyl sites for hydroxylation is 1. The first-order valence-corrected chi connectivity index (χ1v) is 7.92. The van der Waals surface area contributed by atoms with Crippen LogP contribution in [0.4, 0.5) is 0 Å². The predicted molar refractivity (Wildman–Crippen MR) is 82.4 cm³/mol. The summed E-state index contributed by atoms with van der Waals surface area (Å²) in [5.74, 6) is 1.02. The van der Waals surface area contributed by atoms with Crippen LogP contribution in [-0.4, -0.2) is 5.78 Å². The molecule has 0 spiro atoms. The number of fused-ring (bicyclic) bond motifs is 3. The summed E-state index contributed by atoms with van der Waals surface area (Å²) in [7, 11) is 0. The minimum atomic E-state index is 0.358. The van der Waals surface area contributed by atoms with Gasteiger partial charge in [-0.15, -0.1) is 0 Å². The second-order valence-corrected chi connectivity index (χ2v) is 6.30. The number of carbonyl (C=O) groups is 1.